The standard InChI is InChI=1S/C23H28F2N2O3/c1-15-10-18(12-26-21(15)22(28)29)17-4-5-20(19(24)11-17)30-13-16-6-8-27(9-7-16)14-23(2,3)25/h4-5,10-12,16H,6-9,13-14H2,1-3H3,(H,28,29). The second-order valence-corrected chi connectivity index (χ2v) is 8.59. The molecule has 30 heavy (non-hydrogen) atoms. The van der Waals surface area contributed by atoms with Crippen molar-refractivity contribution < 1.29 is 23.4 Å². The molecule has 0 spiro atoms. The fourth-order valence-corrected chi connectivity index (χ4v) is 3.80. The monoisotopic (exact) mass is 418 g/mol. The van der Waals surface area contributed by atoms with E-state index in [4.69, 9.17) is 9.84 Å². The Bertz CT molecular complexity index is 904. The molecule has 0 aliphatic carbocycles. The minimum Gasteiger partial charge on any atom is -0.490 e. The van der Waals surface area contributed by atoms with Gasteiger partial charge in [0.15, 0.2) is 17.3 Å². The number of ether oxygens (including phenoxy) is 1. The van der Waals surface area contributed by atoms with Gasteiger partial charge in [-0.2, -0.15) is 0 Å². The summed E-state index contributed by atoms with van der Waals surface area (Å²) in [7, 11) is 0. The van der Waals surface area contributed by atoms with Crippen molar-refractivity contribution in [3.8, 4) is 16.9 Å². The normalized spacial score (nSPS) is 15.9. The molecule has 0 unspecified atom stereocenters. The third kappa shape index (κ3) is 5.75. The summed E-state index contributed by atoms with van der Waals surface area (Å²) in [6.45, 7) is 7.34. The van der Waals surface area contributed by atoms with Gasteiger partial charge in [0.05, 0.1) is 6.61 Å². The van der Waals surface area contributed by atoms with Crippen LogP contribution in [0.1, 0.15) is 42.7 Å². The van der Waals surface area contributed by atoms with E-state index in [0.29, 0.717) is 35.8 Å². The van der Waals surface area contributed by atoms with E-state index in [0.717, 1.165) is 25.9 Å². The number of carbonyl (C=O) groups is 1. The smallest absolute Gasteiger partial charge is 0.354 e. The third-order valence-electron chi connectivity index (χ3n) is 5.33. The van der Waals surface area contributed by atoms with Crippen molar-refractivity contribution in [3.63, 3.8) is 0 Å². The number of aromatic carboxylic acids is 1. The highest BCUT2D eigenvalue weighted by Gasteiger charge is 2.25. The summed E-state index contributed by atoms with van der Waals surface area (Å²) in [5.41, 5.74) is 0.556. The molecular weight excluding hydrogens is 390 g/mol. The largest absolute Gasteiger partial charge is 0.490 e. The number of hydrogen-bond acceptors (Lipinski definition) is 4. The molecule has 1 aliphatic heterocycles. The summed E-state index contributed by atoms with van der Waals surface area (Å²) < 4.78 is 34.1. The Hall–Kier alpha value is -2.54. The molecule has 2 heterocycles. The van der Waals surface area contributed by atoms with Gasteiger partial charge in [-0.25, -0.2) is 18.6 Å². The van der Waals surface area contributed by atoms with Crippen LogP contribution in [-0.4, -0.2) is 52.9 Å². The van der Waals surface area contributed by atoms with Gasteiger partial charge in [0, 0.05) is 18.3 Å². The number of pyridine rings is 1. The minimum absolute atomic E-state index is 0.0136. The van der Waals surface area contributed by atoms with Crippen molar-refractivity contribution in [3.05, 3.63) is 47.5 Å². The summed E-state index contributed by atoms with van der Waals surface area (Å²) in [6.07, 6.45) is 3.23. The van der Waals surface area contributed by atoms with Crippen molar-refractivity contribution in [2.24, 2.45) is 5.92 Å². The number of aryl methyl sites for hydroxylation is 1. The van der Waals surface area contributed by atoms with E-state index in [1.165, 1.54) is 12.3 Å². The maximum atomic E-state index is 14.6. The molecule has 0 atom stereocenters. The molecule has 3 rings (SSSR count). The van der Waals surface area contributed by atoms with E-state index in [9.17, 15) is 13.6 Å². The number of aromatic nitrogens is 1. The fraction of sp³-hybridized carbons (Fsp3) is 0.478. The molecule has 7 heteroatoms. The predicted octanol–water partition coefficient (Wildman–Crippen LogP) is 4.73. The number of alkyl halides is 1. The molecule has 5 nitrogen and oxygen atoms in total. The average Bonchev–Trinajstić information content (AvgIpc) is 2.66. The highest BCUT2D eigenvalue weighted by Crippen LogP contribution is 2.28. The van der Waals surface area contributed by atoms with Crippen LogP contribution in [0.25, 0.3) is 11.1 Å². The average molecular weight is 418 g/mol. The van der Waals surface area contributed by atoms with Gasteiger partial charge in [0.25, 0.3) is 0 Å². The molecule has 0 radical (unpaired) electrons. The van der Waals surface area contributed by atoms with E-state index in [1.54, 1.807) is 39.0 Å². The van der Waals surface area contributed by atoms with Crippen molar-refractivity contribution >= 4 is 5.97 Å². The van der Waals surface area contributed by atoms with Gasteiger partial charge in [-0.15, -0.1) is 0 Å². The molecule has 1 aromatic carbocycles. The van der Waals surface area contributed by atoms with Crippen LogP contribution in [0.15, 0.2) is 30.5 Å². The topological polar surface area (TPSA) is 62.7 Å². The molecule has 1 aliphatic rings. The number of rotatable bonds is 7. The van der Waals surface area contributed by atoms with Gasteiger partial charge >= 0.3 is 5.97 Å². The summed E-state index contributed by atoms with van der Waals surface area (Å²) in [6, 6.07) is 6.38. The van der Waals surface area contributed by atoms with Crippen LogP contribution in [-0.2, 0) is 0 Å². The van der Waals surface area contributed by atoms with Gasteiger partial charge in [0.2, 0.25) is 0 Å². The highest BCUT2D eigenvalue weighted by molar-refractivity contribution is 5.87. The van der Waals surface area contributed by atoms with Crippen LogP contribution < -0.4 is 4.74 Å². The summed E-state index contributed by atoms with van der Waals surface area (Å²) in [5, 5.41) is 9.08. The fourth-order valence-electron chi connectivity index (χ4n) is 3.80. The number of carboxylic acid groups (broad SMARTS) is 1. The molecule has 1 saturated heterocycles. The highest BCUT2D eigenvalue weighted by atomic mass is 19.1. The maximum absolute atomic E-state index is 14.6. The number of hydrogen-bond donors (Lipinski definition) is 1. The number of carboxylic acids is 1. The first-order valence-corrected chi connectivity index (χ1v) is 10.2. The lowest BCUT2D eigenvalue weighted by molar-refractivity contribution is 0.0689. The Kier molecular flexibility index (Phi) is 6.71. The Morgan fingerprint density at radius 3 is 2.53 bits per heavy atom. The summed E-state index contributed by atoms with van der Waals surface area (Å²) in [4.78, 5) is 17.2. The number of piperidine rings is 1. The number of nitrogens with zero attached hydrogens (tertiary/aromatic N) is 2. The molecule has 0 bridgehead atoms. The minimum atomic E-state index is -1.20. The van der Waals surface area contributed by atoms with Crippen LogP contribution in [0.3, 0.4) is 0 Å². The molecule has 1 fully saturated rings. The third-order valence-corrected chi connectivity index (χ3v) is 5.33. The summed E-state index contributed by atoms with van der Waals surface area (Å²) in [5.74, 6) is -1.05. The van der Waals surface area contributed by atoms with Crippen molar-refractivity contribution in [1.82, 2.24) is 9.88 Å². The zero-order chi connectivity index (χ0) is 21.9. The van der Waals surface area contributed by atoms with Gasteiger partial charge < -0.3 is 14.7 Å². The van der Waals surface area contributed by atoms with Crippen LogP contribution in [0.4, 0.5) is 8.78 Å². The lowest BCUT2D eigenvalue weighted by Gasteiger charge is -2.34. The van der Waals surface area contributed by atoms with Crippen LogP contribution in [0, 0.1) is 18.7 Å². The van der Waals surface area contributed by atoms with Crippen molar-refractivity contribution in [2.75, 3.05) is 26.2 Å². The lowest BCUT2D eigenvalue weighted by Crippen LogP contribution is -2.41. The van der Waals surface area contributed by atoms with Crippen LogP contribution >= 0.6 is 0 Å². The van der Waals surface area contributed by atoms with Crippen molar-refractivity contribution in [1.29, 1.82) is 0 Å². The van der Waals surface area contributed by atoms with Gasteiger partial charge in [-0.3, -0.25) is 0 Å². The Balaban J connectivity index is 1.58. The number of halogens is 2. The lowest BCUT2D eigenvalue weighted by atomic mass is 9.97. The van der Waals surface area contributed by atoms with E-state index in [-0.39, 0.29) is 11.4 Å². The zero-order valence-corrected chi connectivity index (χ0v) is 17.6. The van der Waals surface area contributed by atoms with Gasteiger partial charge in [0.1, 0.15) is 5.67 Å². The second-order valence-electron chi connectivity index (χ2n) is 8.59. The van der Waals surface area contributed by atoms with Crippen LogP contribution in [0.2, 0.25) is 0 Å². The molecule has 162 valence electrons. The first kappa shape index (κ1) is 22.2. The Morgan fingerprint density at radius 2 is 1.97 bits per heavy atom. The molecular formula is C23H28F2N2O3. The SMILES string of the molecule is Cc1cc(-c2ccc(OCC3CCN(CC(C)(C)F)CC3)c(F)c2)cnc1C(=O)O. The number of likely N-dealkylation sites (tertiary alicyclic amines) is 1. The predicted molar refractivity (Wildman–Crippen MR) is 111 cm³/mol. The first-order valence-electron chi connectivity index (χ1n) is 10.2. The van der Waals surface area contributed by atoms with E-state index in [1.807, 2.05) is 0 Å². The van der Waals surface area contributed by atoms with Crippen molar-refractivity contribution in [2.45, 2.75) is 39.3 Å². The van der Waals surface area contributed by atoms with E-state index < -0.39 is 17.5 Å². The molecule has 0 amide bonds. The maximum Gasteiger partial charge on any atom is 0.354 e. The first-order chi connectivity index (χ1) is 14.1. The Morgan fingerprint density at radius 1 is 1.27 bits per heavy atom. The molecule has 0 saturated carbocycles. The second kappa shape index (κ2) is 9.08. The van der Waals surface area contributed by atoms with E-state index >= 15 is 0 Å². The summed E-state index contributed by atoms with van der Waals surface area (Å²) >= 11 is 0. The van der Waals surface area contributed by atoms with Crippen LogP contribution in [0.5, 0.6) is 5.75 Å². The van der Waals surface area contributed by atoms with E-state index in [2.05, 4.69) is 9.88 Å². The quantitative estimate of drug-likeness (QED) is 0.704. The molecule has 2 aromatic rings. The molecule has 1 aromatic heterocycles. The number of benzene rings is 1. The molecule has 1 N–H and O–H groups in total. The Labute approximate surface area is 175 Å². The van der Waals surface area contributed by atoms with Gasteiger partial charge in [-0.1, -0.05) is 6.07 Å². The van der Waals surface area contributed by atoms with Gasteiger partial charge in [-0.05, 0) is 81.9 Å². The zero-order valence-electron chi connectivity index (χ0n) is 17.6.